The third-order valence-electron chi connectivity index (χ3n) is 4.56. The molecule has 1 aliphatic heterocycles. The molecule has 0 atom stereocenters. The van der Waals surface area contributed by atoms with Crippen molar-refractivity contribution in [2.75, 3.05) is 33.4 Å². The van der Waals surface area contributed by atoms with Crippen molar-refractivity contribution >= 4 is 16.9 Å². The fourth-order valence-corrected chi connectivity index (χ4v) is 3.20. The minimum Gasteiger partial charge on any atom is -0.384 e. The van der Waals surface area contributed by atoms with Gasteiger partial charge in [0.1, 0.15) is 5.69 Å². The molecule has 1 aromatic carbocycles. The lowest BCUT2D eigenvalue weighted by atomic mass is 9.79. The van der Waals surface area contributed by atoms with E-state index in [-0.39, 0.29) is 17.7 Å². The lowest BCUT2D eigenvalue weighted by Crippen LogP contribution is -2.47. The van der Waals surface area contributed by atoms with Gasteiger partial charge in [-0.1, -0.05) is 17.3 Å². The Morgan fingerprint density at radius 1 is 1.39 bits per heavy atom. The van der Waals surface area contributed by atoms with Gasteiger partial charge in [-0.05, 0) is 38.1 Å². The Bertz CT molecular complexity index is 656. The molecular weight excluding hydrogens is 294 g/mol. The van der Waals surface area contributed by atoms with Crippen LogP contribution in [0.15, 0.2) is 28.8 Å². The molecule has 3 rings (SSSR count). The Labute approximate surface area is 135 Å². The normalized spacial score (nSPS) is 17.3. The Morgan fingerprint density at radius 2 is 2.17 bits per heavy atom. The van der Waals surface area contributed by atoms with Crippen molar-refractivity contribution in [1.82, 2.24) is 15.8 Å². The SMILES string of the molecule is COCC1(CNC(=O)Cc2noc3ccccc23)CCNCC1. The first-order chi connectivity index (χ1) is 11.2. The summed E-state index contributed by atoms with van der Waals surface area (Å²) in [5, 5.41) is 11.3. The molecule has 0 spiro atoms. The number of para-hydroxylation sites is 1. The molecule has 1 aliphatic rings. The topological polar surface area (TPSA) is 76.4 Å². The fraction of sp³-hybridized carbons (Fsp3) is 0.529. The van der Waals surface area contributed by atoms with Crippen LogP contribution in [0.3, 0.4) is 0 Å². The van der Waals surface area contributed by atoms with Crippen LogP contribution in [0.25, 0.3) is 11.0 Å². The summed E-state index contributed by atoms with van der Waals surface area (Å²) in [5.41, 5.74) is 1.43. The number of amides is 1. The monoisotopic (exact) mass is 317 g/mol. The average molecular weight is 317 g/mol. The van der Waals surface area contributed by atoms with Gasteiger partial charge in [-0.15, -0.1) is 0 Å². The van der Waals surface area contributed by atoms with E-state index in [1.165, 1.54) is 0 Å². The van der Waals surface area contributed by atoms with E-state index in [0.717, 1.165) is 31.3 Å². The first kappa shape index (κ1) is 16.0. The lowest BCUT2D eigenvalue weighted by Gasteiger charge is -2.37. The number of rotatable bonds is 6. The molecule has 0 aliphatic carbocycles. The minimum absolute atomic E-state index is 0.0293. The van der Waals surface area contributed by atoms with E-state index in [1.54, 1.807) is 7.11 Å². The minimum atomic E-state index is -0.0296. The first-order valence-corrected chi connectivity index (χ1v) is 8.02. The average Bonchev–Trinajstić information content (AvgIpc) is 2.98. The summed E-state index contributed by atoms with van der Waals surface area (Å²) < 4.78 is 10.6. The smallest absolute Gasteiger partial charge is 0.226 e. The molecule has 0 saturated carbocycles. The molecule has 2 aromatic rings. The molecule has 124 valence electrons. The zero-order valence-corrected chi connectivity index (χ0v) is 13.4. The largest absolute Gasteiger partial charge is 0.384 e. The Morgan fingerprint density at radius 3 is 2.96 bits per heavy atom. The summed E-state index contributed by atoms with van der Waals surface area (Å²) in [6.07, 6.45) is 2.25. The van der Waals surface area contributed by atoms with E-state index >= 15 is 0 Å². The van der Waals surface area contributed by atoms with Gasteiger partial charge < -0.3 is 19.9 Å². The van der Waals surface area contributed by atoms with Crippen molar-refractivity contribution in [1.29, 1.82) is 0 Å². The highest BCUT2D eigenvalue weighted by Gasteiger charge is 2.32. The van der Waals surface area contributed by atoms with Gasteiger partial charge in [0, 0.05) is 24.5 Å². The summed E-state index contributed by atoms with van der Waals surface area (Å²) in [4.78, 5) is 12.3. The van der Waals surface area contributed by atoms with Crippen LogP contribution in [0.1, 0.15) is 18.5 Å². The van der Waals surface area contributed by atoms with Gasteiger partial charge in [-0.25, -0.2) is 0 Å². The van der Waals surface area contributed by atoms with Crippen LogP contribution in [0.4, 0.5) is 0 Å². The van der Waals surface area contributed by atoms with Crippen molar-refractivity contribution in [3.8, 4) is 0 Å². The van der Waals surface area contributed by atoms with E-state index in [2.05, 4.69) is 15.8 Å². The molecule has 1 amide bonds. The van der Waals surface area contributed by atoms with Crippen LogP contribution in [0.2, 0.25) is 0 Å². The zero-order valence-electron chi connectivity index (χ0n) is 13.4. The zero-order chi connectivity index (χ0) is 16.1. The lowest BCUT2D eigenvalue weighted by molar-refractivity contribution is -0.121. The number of nitrogens with zero attached hydrogens (tertiary/aromatic N) is 1. The van der Waals surface area contributed by atoms with E-state index in [4.69, 9.17) is 9.26 Å². The first-order valence-electron chi connectivity index (χ1n) is 8.02. The summed E-state index contributed by atoms with van der Waals surface area (Å²) in [6, 6.07) is 7.59. The highest BCUT2D eigenvalue weighted by molar-refractivity contribution is 5.86. The highest BCUT2D eigenvalue weighted by Crippen LogP contribution is 2.28. The fourth-order valence-electron chi connectivity index (χ4n) is 3.20. The molecule has 0 bridgehead atoms. The number of piperidine rings is 1. The quantitative estimate of drug-likeness (QED) is 0.844. The number of methoxy groups -OCH3 is 1. The summed E-state index contributed by atoms with van der Waals surface area (Å²) in [5.74, 6) is -0.0296. The van der Waals surface area contributed by atoms with Crippen LogP contribution in [0.5, 0.6) is 0 Å². The van der Waals surface area contributed by atoms with E-state index in [1.807, 2.05) is 24.3 Å². The molecule has 2 heterocycles. The number of aromatic nitrogens is 1. The molecule has 6 heteroatoms. The molecular formula is C17H23N3O3. The number of hydrogen-bond donors (Lipinski definition) is 2. The third-order valence-corrected chi connectivity index (χ3v) is 4.56. The summed E-state index contributed by atoms with van der Waals surface area (Å²) in [6.45, 7) is 3.24. The number of fused-ring (bicyclic) bond motifs is 1. The van der Waals surface area contributed by atoms with Gasteiger partial charge in [0.2, 0.25) is 5.91 Å². The van der Waals surface area contributed by atoms with Crippen molar-refractivity contribution in [2.45, 2.75) is 19.3 Å². The van der Waals surface area contributed by atoms with Gasteiger partial charge in [0.05, 0.1) is 13.0 Å². The third kappa shape index (κ3) is 3.71. The molecule has 1 fully saturated rings. The second kappa shape index (κ2) is 7.10. The highest BCUT2D eigenvalue weighted by atomic mass is 16.5. The number of hydrogen-bond acceptors (Lipinski definition) is 5. The molecule has 1 aromatic heterocycles. The predicted molar refractivity (Wildman–Crippen MR) is 87.1 cm³/mol. The van der Waals surface area contributed by atoms with Crippen LogP contribution in [0, 0.1) is 5.41 Å². The van der Waals surface area contributed by atoms with Crippen molar-refractivity contribution in [2.24, 2.45) is 5.41 Å². The maximum Gasteiger partial charge on any atom is 0.226 e. The Kier molecular flexibility index (Phi) is 4.93. The summed E-state index contributed by atoms with van der Waals surface area (Å²) in [7, 11) is 1.72. The van der Waals surface area contributed by atoms with Crippen LogP contribution in [-0.4, -0.2) is 44.4 Å². The molecule has 6 nitrogen and oxygen atoms in total. The number of nitrogens with one attached hydrogen (secondary N) is 2. The van der Waals surface area contributed by atoms with Crippen molar-refractivity contribution < 1.29 is 14.1 Å². The molecule has 23 heavy (non-hydrogen) atoms. The Hall–Kier alpha value is -1.92. The second-order valence-corrected chi connectivity index (χ2v) is 6.26. The maximum absolute atomic E-state index is 12.3. The second-order valence-electron chi connectivity index (χ2n) is 6.26. The van der Waals surface area contributed by atoms with E-state index in [0.29, 0.717) is 24.4 Å². The van der Waals surface area contributed by atoms with Gasteiger partial charge in [-0.3, -0.25) is 4.79 Å². The van der Waals surface area contributed by atoms with E-state index in [9.17, 15) is 4.79 Å². The predicted octanol–water partition coefficient (Wildman–Crippen LogP) is 1.50. The van der Waals surface area contributed by atoms with Crippen LogP contribution < -0.4 is 10.6 Å². The van der Waals surface area contributed by atoms with Gasteiger partial charge >= 0.3 is 0 Å². The number of ether oxygens (including phenoxy) is 1. The summed E-state index contributed by atoms with van der Waals surface area (Å²) >= 11 is 0. The van der Waals surface area contributed by atoms with E-state index < -0.39 is 0 Å². The van der Waals surface area contributed by atoms with Crippen molar-refractivity contribution in [3.05, 3.63) is 30.0 Å². The van der Waals surface area contributed by atoms with Gasteiger partial charge in [-0.2, -0.15) is 0 Å². The maximum atomic E-state index is 12.3. The number of carbonyl (C=O) groups is 1. The van der Waals surface area contributed by atoms with Crippen LogP contribution in [-0.2, 0) is 16.0 Å². The molecule has 1 saturated heterocycles. The van der Waals surface area contributed by atoms with Crippen molar-refractivity contribution in [3.63, 3.8) is 0 Å². The van der Waals surface area contributed by atoms with Crippen LogP contribution >= 0.6 is 0 Å². The van der Waals surface area contributed by atoms with Gasteiger partial charge in [0.15, 0.2) is 5.58 Å². The Balaban J connectivity index is 1.60. The molecule has 0 unspecified atom stereocenters. The molecule has 0 radical (unpaired) electrons. The van der Waals surface area contributed by atoms with Gasteiger partial charge in [0.25, 0.3) is 0 Å². The number of benzene rings is 1. The molecule has 2 N–H and O–H groups in total. The number of carbonyl (C=O) groups excluding carboxylic acids is 1. The standard InChI is InChI=1S/C17H23N3O3/c1-22-12-17(6-8-18-9-7-17)11-19-16(21)10-14-13-4-2-3-5-15(13)23-20-14/h2-5,18H,6-12H2,1H3,(H,19,21).